The Balaban J connectivity index is 2.57. The molecular weight excluding hydrogens is 202 g/mol. The molecule has 3 nitrogen and oxygen atoms in total. The van der Waals surface area contributed by atoms with Crippen molar-refractivity contribution in [2.24, 2.45) is 5.73 Å². The molecule has 1 aliphatic heterocycles. The summed E-state index contributed by atoms with van der Waals surface area (Å²) in [6.45, 7) is 7.55. The summed E-state index contributed by atoms with van der Waals surface area (Å²) in [5.41, 5.74) is 8.33. The second kappa shape index (κ2) is 4.34. The fraction of sp³-hybridized carbons (Fsp3) is 0.538. The molecule has 3 heteroatoms. The molecule has 1 atom stereocenters. The number of fused-ring (bicyclic) bond motifs is 1. The van der Waals surface area contributed by atoms with Crippen molar-refractivity contribution < 1.29 is 9.47 Å². The van der Waals surface area contributed by atoms with Gasteiger partial charge in [-0.2, -0.15) is 0 Å². The van der Waals surface area contributed by atoms with E-state index in [1.165, 1.54) is 5.56 Å². The van der Waals surface area contributed by atoms with Gasteiger partial charge in [-0.25, -0.2) is 0 Å². The van der Waals surface area contributed by atoms with Crippen LogP contribution in [-0.2, 0) is 0 Å². The van der Waals surface area contributed by atoms with E-state index in [1.54, 1.807) is 0 Å². The van der Waals surface area contributed by atoms with Gasteiger partial charge in [-0.3, -0.25) is 0 Å². The highest BCUT2D eigenvalue weighted by Gasteiger charge is 2.22. The lowest BCUT2D eigenvalue weighted by atomic mass is 9.92. The smallest absolute Gasteiger partial charge is 0.165 e. The van der Waals surface area contributed by atoms with Crippen molar-refractivity contribution in [3.8, 4) is 11.5 Å². The van der Waals surface area contributed by atoms with Crippen molar-refractivity contribution in [1.29, 1.82) is 0 Å². The van der Waals surface area contributed by atoms with Gasteiger partial charge in [-0.1, -0.05) is 19.9 Å². The van der Waals surface area contributed by atoms with E-state index >= 15 is 0 Å². The third kappa shape index (κ3) is 1.87. The molecule has 2 rings (SSSR count). The van der Waals surface area contributed by atoms with E-state index in [9.17, 15) is 0 Å². The first kappa shape index (κ1) is 11.3. The maximum Gasteiger partial charge on any atom is 0.165 e. The molecule has 1 aromatic carbocycles. The number of benzene rings is 1. The van der Waals surface area contributed by atoms with Gasteiger partial charge in [0.15, 0.2) is 11.5 Å². The standard InChI is InChI=1S/C13H19NO2/c1-8(2)12-10(9(3)14)4-5-11-13(12)16-7-6-15-11/h4-5,8-9H,6-7,14H2,1-3H3. The summed E-state index contributed by atoms with van der Waals surface area (Å²) in [6, 6.07) is 4.03. The molecule has 0 saturated heterocycles. The molecule has 0 spiro atoms. The van der Waals surface area contributed by atoms with Crippen LogP contribution in [0.15, 0.2) is 12.1 Å². The predicted octanol–water partition coefficient (Wildman–Crippen LogP) is 2.60. The van der Waals surface area contributed by atoms with E-state index in [-0.39, 0.29) is 6.04 Å². The zero-order valence-corrected chi connectivity index (χ0v) is 10.1. The minimum Gasteiger partial charge on any atom is -0.486 e. The van der Waals surface area contributed by atoms with Gasteiger partial charge in [0.05, 0.1) is 0 Å². The second-order valence-corrected chi connectivity index (χ2v) is 4.54. The van der Waals surface area contributed by atoms with Crippen molar-refractivity contribution in [2.75, 3.05) is 13.2 Å². The summed E-state index contributed by atoms with van der Waals surface area (Å²) < 4.78 is 11.3. The van der Waals surface area contributed by atoms with Gasteiger partial charge in [0.25, 0.3) is 0 Å². The van der Waals surface area contributed by atoms with Crippen LogP contribution in [0.1, 0.15) is 43.9 Å². The first-order chi connectivity index (χ1) is 7.61. The van der Waals surface area contributed by atoms with Gasteiger partial charge in [0.2, 0.25) is 0 Å². The minimum absolute atomic E-state index is 0.0215. The molecule has 0 bridgehead atoms. The quantitative estimate of drug-likeness (QED) is 0.834. The van der Waals surface area contributed by atoms with Gasteiger partial charge in [-0.15, -0.1) is 0 Å². The summed E-state index contributed by atoms with van der Waals surface area (Å²) in [7, 11) is 0. The lowest BCUT2D eigenvalue weighted by Crippen LogP contribution is -2.19. The summed E-state index contributed by atoms with van der Waals surface area (Å²) in [5.74, 6) is 2.12. The van der Waals surface area contributed by atoms with Gasteiger partial charge >= 0.3 is 0 Å². The first-order valence-electron chi connectivity index (χ1n) is 5.79. The molecule has 0 aromatic heterocycles. The fourth-order valence-corrected chi connectivity index (χ4v) is 2.15. The number of hydrogen-bond donors (Lipinski definition) is 1. The van der Waals surface area contributed by atoms with Gasteiger partial charge in [-0.05, 0) is 24.5 Å². The topological polar surface area (TPSA) is 44.5 Å². The molecule has 2 N–H and O–H groups in total. The van der Waals surface area contributed by atoms with Crippen molar-refractivity contribution >= 4 is 0 Å². The average Bonchev–Trinajstić information content (AvgIpc) is 2.27. The molecule has 0 amide bonds. The Labute approximate surface area is 96.5 Å². The first-order valence-corrected chi connectivity index (χ1v) is 5.79. The minimum atomic E-state index is 0.0215. The van der Waals surface area contributed by atoms with Crippen LogP contribution in [0.3, 0.4) is 0 Å². The molecule has 1 aliphatic rings. The monoisotopic (exact) mass is 221 g/mol. The SMILES string of the molecule is CC(C)c1c(C(C)N)ccc2c1OCCO2. The van der Waals surface area contributed by atoms with Crippen LogP contribution in [0.5, 0.6) is 11.5 Å². The van der Waals surface area contributed by atoms with Crippen LogP contribution >= 0.6 is 0 Å². The largest absolute Gasteiger partial charge is 0.486 e. The van der Waals surface area contributed by atoms with Crippen LogP contribution in [-0.4, -0.2) is 13.2 Å². The molecule has 1 heterocycles. The predicted molar refractivity (Wildman–Crippen MR) is 64.1 cm³/mol. The molecule has 0 fully saturated rings. The highest BCUT2D eigenvalue weighted by Crippen LogP contribution is 2.41. The lowest BCUT2D eigenvalue weighted by Gasteiger charge is -2.26. The van der Waals surface area contributed by atoms with Crippen LogP contribution in [0.2, 0.25) is 0 Å². The van der Waals surface area contributed by atoms with Gasteiger partial charge < -0.3 is 15.2 Å². The number of nitrogens with two attached hydrogens (primary N) is 1. The maximum absolute atomic E-state index is 5.99. The average molecular weight is 221 g/mol. The molecule has 0 aliphatic carbocycles. The van der Waals surface area contributed by atoms with Gasteiger partial charge in [0, 0.05) is 11.6 Å². The van der Waals surface area contributed by atoms with Crippen LogP contribution in [0, 0.1) is 0 Å². The van der Waals surface area contributed by atoms with Gasteiger partial charge in [0.1, 0.15) is 13.2 Å². The van der Waals surface area contributed by atoms with Crippen LogP contribution in [0.25, 0.3) is 0 Å². The van der Waals surface area contributed by atoms with Crippen molar-refractivity contribution in [3.63, 3.8) is 0 Å². The maximum atomic E-state index is 5.99. The van der Waals surface area contributed by atoms with E-state index in [2.05, 4.69) is 13.8 Å². The Morgan fingerprint density at radius 2 is 1.81 bits per heavy atom. The number of hydrogen-bond acceptors (Lipinski definition) is 3. The van der Waals surface area contributed by atoms with Crippen LogP contribution < -0.4 is 15.2 Å². The molecule has 88 valence electrons. The third-order valence-corrected chi connectivity index (χ3v) is 2.85. The van der Waals surface area contributed by atoms with E-state index in [1.807, 2.05) is 19.1 Å². The molecule has 1 aromatic rings. The number of ether oxygens (including phenoxy) is 2. The van der Waals surface area contributed by atoms with E-state index in [0.29, 0.717) is 19.1 Å². The highest BCUT2D eigenvalue weighted by molar-refractivity contribution is 5.53. The zero-order chi connectivity index (χ0) is 11.7. The Kier molecular flexibility index (Phi) is 3.06. The lowest BCUT2D eigenvalue weighted by molar-refractivity contribution is 0.169. The second-order valence-electron chi connectivity index (χ2n) is 4.54. The summed E-state index contributed by atoms with van der Waals surface area (Å²) in [4.78, 5) is 0. The number of rotatable bonds is 2. The summed E-state index contributed by atoms with van der Waals surface area (Å²) in [5, 5.41) is 0. The Morgan fingerprint density at radius 1 is 1.12 bits per heavy atom. The zero-order valence-electron chi connectivity index (χ0n) is 10.1. The molecule has 0 saturated carbocycles. The summed E-state index contributed by atoms with van der Waals surface area (Å²) >= 11 is 0. The highest BCUT2D eigenvalue weighted by atomic mass is 16.6. The molecule has 16 heavy (non-hydrogen) atoms. The fourth-order valence-electron chi connectivity index (χ4n) is 2.15. The molecule has 0 radical (unpaired) electrons. The van der Waals surface area contributed by atoms with Crippen molar-refractivity contribution in [3.05, 3.63) is 23.3 Å². The summed E-state index contributed by atoms with van der Waals surface area (Å²) in [6.07, 6.45) is 0. The van der Waals surface area contributed by atoms with E-state index in [0.717, 1.165) is 17.1 Å². The Hall–Kier alpha value is -1.22. The molecule has 1 unspecified atom stereocenters. The van der Waals surface area contributed by atoms with Crippen molar-refractivity contribution in [2.45, 2.75) is 32.7 Å². The Morgan fingerprint density at radius 3 is 2.44 bits per heavy atom. The Bertz CT molecular complexity index is 386. The van der Waals surface area contributed by atoms with Crippen LogP contribution in [0.4, 0.5) is 0 Å². The van der Waals surface area contributed by atoms with E-state index in [4.69, 9.17) is 15.2 Å². The molecular formula is C13H19NO2. The van der Waals surface area contributed by atoms with Crippen molar-refractivity contribution in [1.82, 2.24) is 0 Å². The normalized spacial score (nSPS) is 16.3. The third-order valence-electron chi connectivity index (χ3n) is 2.85. The van der Waals surface area contributed by atoms with E-state index < -0.39 is 0 Å².